The number of rotatable bonds is 9. The number of carbonyl (C=O) groups is 2. The highest BCUT2D eigenvalue weighted by molar-refractivity contribution is 7.92. The Morgan fingerprint density at radius 3 is 2.14 bits per heavy atom. The van der Waals surface area contributed by atoms with Crippen molar-refractivity contribution in [1.29, 1.82) is 0 Å². The largest absolute Gasteiger partial charge is 0.319 e. The van der Waals surface area contributed by atoms with Gasteiger partial charge in [0.25, 0.3) is 0 Å². The minimum Gasteiger partial charge on any atom is -0.319 e. The first-order chi connectivity index (χ1) is 9.81. The Balaban J connectivity index is 2.58. The molecule has 0 aromatic rings. The van der Waals surface area contributed by atoms with E-state index in [1.54, 1.807) is 0 Å². The average molecular weight is 318 g/mol. The molecule has 21 heavy (non-hydrogen) atoms. The van der Waals surface area contributed by atoms with Crippen molar-refractivity contribution in [3.8, 4) is 0 Å². The van der Waals surface area contributed by atoms with Crippen molar-refractivity contribution in [1.82, 2.24) is 5.32 Å². The molecular formula is C14H26N2O4S. The van der Waals surface area contributed by atoms with Gasteiger partial charge in [0.2, 0.25) is 11.8 Å². The van der Waals surface area contributed by atoms with E-state index in [-0.39, 0.29) is 11.8 Å². The normalized spacial score (nSPS) is 16.8. The molecule has 1 rings (SSSR count). The molecule has 0 heterocycles. The summed E-state index contributed by atoms with van der Waals surface area (Å²) in [4.78, 5) is 23.3. The summed E-state index contributed by atoms with van der Waals surface area (Å²) >= 11 is 0. The number of nitrogens with two attached hydrogens (primary N) is 1. The number of nitrogens with one attached hydrogen (secondary N) is 1. The van der Waals surface area contributed by atoms with E-state index in [2.05, 4.69) is 5.32 Å². The SMILES string of the molecule is CCCC(CCC)S(=O)(=O)C[C@@H](N)C(=O)NC(=O)C1CC1. The second-order valence-corrected chi connectivity index (χ2v) is 8.09. The van der Waals surface area contributed by atoms with Crippen LogP contribution in [0.15, 0.2) is 0 Å². The summed E-state index contributed by atoms with van der Waals surface area (Å²) in [7, 11) is -3.43. The van der Waals surface area contributed by atoms with Crippen LogP contribution in [0.1, 0.15) is 52.4 Å². The van der Waals surface area contributed by atoms with Crippen molar-refractivity contribution < 1.29 is 18.0 Å². The number of sulfone groups is 1. The summed E-state index contributed by atoms with van der Waals surface area (Å²) in [5.74, 6) is -1.54. The Bertz CT molecular complexity index is 465. The molecule has 122 valence electrons. The van der Waals surface area contributed by atoms with Crippen LogP contribution in [0.3, 0.4) is 0 Å². The van der Waals surface area contributed by atoms with Crippen LogP contribution in [0, 0.1) is 5.92 Å². The minimum atomic E-state index is -3.43. The zero-order chi connectivity index (χ0) is 16.0. The first kappa shape index (κ1) is 18.1. The molecule has 0 spiro atoms. The summed E-state index contributed by atoms with van der Waals surface area (Å²) in [5, 5.41) is 1.75. The van der Waals surface area contributed by atoms with Gasteiger partial charge in [0, 0.05) is 5.92 Å². The number of carbonyl (C=O) groups excluding carboxylic acids is 2. The molecule has 1 aliphatic rings. The van der Waals surface area contributed by atoms with Crippen LogP contribution in [0.4, 0.5) is 0 Å². The van der Waals surface area contributed by atoms with Gasteiger partial charge in [0.05, 0.1) is 17.0 Å². The lowest BCUT2D eigenvalue weighted by atomic mass is 10.2. The average Bonchev–Trinajstić information content (AvgIpc) is 3.22. The number of amides is 2. The number of hydrogen-bond acceptors (Lipinski definition) is 5. The number of imide groups is 1. The van der Waals surface area contributed by atoms with Crippen molar-refractivity contribution in [2.75, 3.05) is 5.75 Å². The first-order valence-corrected chi connectivity index (χ1v) is 9.35. The van der Waals surface area contributed by atoms with Gasteiger partial charge in [-0.3, -0.25) is 14.9 Å². The Labute approximate surface area is 126 Å². The van der Waals surface area contributed by atoms with Crippen molar-refractivity contribution in [3.63, 3.8) is 0 Å². The maximum absolute atomic E-state index is 12.3. The molecule has 1 atom stereocenters. The van der Waals surface area contributed by atoms with Crippen molar-refractivity contribution in [2.45, 2.75) is 63.7 Å². The second kappa shape index (κ2) is 7.89. The third-order valence-corrected chi connectivity index (χ3v) is 5.98. The van der Waals surface area contributed by atoms with Crippen LogP contribution < -0.4 is 11.1 Å². The lowest BCUT2D eigenvalue weighted by Gasteiger charge is -2.19. The molecule has 7 heteroatoms. The summed E-state index contributed by atoms with van der Waals surface area (Å²) in [6, 6.07) is -1.19. The van der Waals surface area contributed by atoms with Gasteiger partial charge >= 0.3 is 0 Å². The van der Waals surface area contributed by atoms with E-state index < -0.39 is 32.8 Å². The van der Waals surface area contributed by atoms with Gasteiger partial charge in [-0.2, -0.15) is 0 Å². The number of hydrogen-bond donors (Lipinski definition) is 2. The fourth-order valence-electron chi connectivity index (χ4n) is 2.27. The van der Waals surface area contributed by atoms with Crippen LogP contribution >= 0.6 is 0 Å². The van der Waals surface area contributed by atoms with E-state index in [0.717, 1.165) is 25.7 Å². The zero-order valence-corrected chi connectivity index (χ0v) is 13.6. The van der Waals surface area contributed by atoms with Gasteiger partial charge < -0.3 is 5.73 Å². The van der Waals surface area contributed by atoms with E-state index in [0.29, 0.717) is 12.8 Å². The zero-order valence-electron chi connectivity index (χ0n) is 12.8. The highest BCUT2D eigenvalue weighted by atomic mass is 32.2. The van der Waals surface area contributed by atoms with Gasteiger partial charge in [0.1, 0.15) is 0 Å². The molecule has 0 aromatic heterocycles. The first-order valence-electron chi connectivity index (χ1n) is 7.63. The quantitative estimate of drug-likeness (QED) is 0.652. The molecule has 0 radical (unpaired) electrons. The van der Waals surface area contributed by atoms with Gasteiger partial charge in [-0.25, -0.2) is 8.42 Å². The third kappa shape index (κ3) is 5.74. The summed E-state index contributed by atoms with van der Waals surface area (Å²) in [6.07, 6.45) is 4.25. The third-order valence-electron chi connectivity index (χ3n) is 3.67. The van der Waals surface area contributed by atoms with Gasteiger partial charge in [0.15, 0.2) is 9.84 Å². The monoisotopic (exact) mass is 318 g/mol. The molecule has 1 aliphatic carbocycles. The molecule has 0 aromatic carbocycles. The Morgan fingerprint density at radius 1 is 1.19 bits per heavy atom. The van der Waals surface area contributed by atoms with Crippen molar-refractivity contribution >= 4 is 21.7 Å². The van der Waals surface area contributed by atoms with E-state index in [4.69, 9.17) is 5.73 Å². The molecule has 0 saturated heterocycles. The topological polar surface area (TPSA) is 106 Å². The van der Waals surface area contributed by atoms with Crippen LogP contribution in [0.25, 0.3) is 0 Å². The van der Waals surface area contributed by atoms with Crippen molar-refractivity contribution in [3.05, 3.63) is 0 Å². The van der Waals surface area contributed by atoms with Crippen molar-refractivity contribution in [2.24, 2.45) is 11.7 Å². The molecule has 6 nitrogen and oxygen atoms in total. The standard InChI is InChI=1S/C14H26N2O4S/c1-3-5-11(6-4-2)21(19,20)9-12(15)14(18)16-13(17)10-7-8-10/h10-12H,3-9,15H2,1-2H3,(H,16,17,18)/t12-/m1/s1. The lowest BCUT2D eigenvalue weighted by Crippen LogP contribution is -2.48. The lowest BCUT2D eigenvalue weighted by molar-refractivity contribution is -0.131. The smallest absolute Gasteiger partial charge is 0.244 e. The predicted octanol–water partition coefficient (Wildman–Crippen LogP) is 0.750. The molecule has 1 saturated carbocycles. The Kier molecular flexibility index (Phi) is 6.80. The fourth-order valence-corrected chi connectivity index (χ4v) is 4.38. The van der Waals surface area contributed by atoms with Crippen LogP contribution in [-0.2, 0) is 19.4 Å². The molecule has 3 N–H and O–H groups in total. The summed E-state index contributed by atoms with van der Waals surface area (Å²) in [5.41, 5.74) is 5.66. The molecular weight excluding hydrogens is 292 g/mol. The Hall–Kier alpha value is -0.950. The molecule has 1 fully saturated rings. The van der Waals surface area contributed by atoms with Gasteiger partial charge in [-0.05, 0) is 25.7 Å². The predicted molar refractivity (Wildman–Crippen MR) is 81.2 cm³/mol. The van der Waals surface area contributed by atoms with E-state index >= 15 is 0 Å². The van der Waals surface area contributed by atoms with Crippen LogP contribution in [0.5, 0.6) is 0 Å². The van der Waals surface area contributed by atoms with Gasteiger partial charge in [-0.1, -0.05) is 26.7 Å². The second-order valence-electron chi connectivity index (χ2n) is 5.76. The molecule has 0 unspecified atom stereocenters. The van der Waals surface area contributed by atoms with Crippen LogP contribution in [0.2, 0.25) is 0 Å². The minimum absolute atomic E-state index is 0.106. The highest BCUT2D eigenvalue weighted by Gasteiger charge is 2.33. The van der Waals surface area contributed by atoms with E-state index in [1.807, 2.05) is 13.8 Å². The molecule has 0 bridgehead atoms. The van der Waals surface area contributed by atoms with Crippen LogP contribution in [-0.4, -0.2) is 37.3 Å². The maximum Gasteiger partial charge on any atom is 0.244 e. The summed E-state index contributed by atoms with van der Waals surface area (Å²) in [6.45, 7) is 3.86. The van der Waals surface area contributed by atoms with Gasteiger partial charge in [-0.15, -0.1) is 0 Å². The highest BCUT2D eigenvalue weighted by Crippen LogP contribution is 2.28. The van der Waals surface area contributed by atoms with E-state index in [9.17, 15) is 18.0 Å². The molecule has 2 amide bonds. The fraction of sp³-hybridized carbons (Fsp3) is 0.857. The Morgan fingerprint density at radius 2 is 1.71 bits per heavy atom. The summed E-state index contributed by atoms with van der Waals surface area (Å²) < 4.78 is 24.6. The van der Waals surface area contributed by atoms with E-state index in [1.165, 1.54) is 0 Å². The molecule has 0 aliphatic heterocycles. The maximum atomic E-state index is 12.3.